The molecule has 0 aromatic heterocycles. The maximum atomic E-state index is 12.6. The number of Topliss-reactive ketones (excluding diaryl/α,β-unsaturated/α-hetero) is 1. The van der Waals surface area contributed by atoms with E-state index in [1.54, 1.807) is 0 Å². The van der Waals surface area contributed by atoms with Gasteiger partial charge in [0.05, 0.1) is 13.2 Å². The van der Waals surface area contributed by atoms with Gasteiger partial charge in [0.15, 0.2) is 11.4 Å². The predicted molar refractivity (Wildman–Crippen MR) is 59.4 cm³/mol. The minimum atomic E-state index is -0.323. The van der Waals surface area contributed by atoms with Gasteiger partial charge in [-0.1, -0.05) is 6.92 Å². The average Bonchev–Trinajstić information content (AvgIpc) is 3.16. The molecule has 3 nitrogen and oxygen atoms in total. The maximum absolute atomic E-state index is 12.6. The molecule has 6 atom stereocenters. The molecule has 5 aliphatic rings. The van der Waals surface area contributed by atoms with Gasteiger partial charge in [0.1, 0.15) is 0 Å². The molecule has 2 spiro atoms. The fourth-order valence-corrected chi connectivity index (χ4v) is 6.11. The number of hydrogen-bond donors (Lipinski definition) is 0. The Hall–Kier alpha value is -0.410. The first-order chi connectivity index (χ1) is 8.18. The molecular formula is C14H18O3. The summed E-state index contributed by atoms with van der Waals surface area (Å²) in [7, 11) is 0. The lowest BCUT2D eigenvalue weighted by Gasteiger charge is -2.23. The van der Waals surface area contributed by atoms with Crippen LogP contribution in [0.4, 0.5) is 0 Å². The topological polar surface area (TPSA) is 38.8 Å². The third-order valence-corrected chi connectivity index (χ3v) is 6.89. The number of rotatable bonds is 0. The van der Waals surface area contributed by atoms with E-state index in [9.17, 15) is 4.79 Å². The second kappa shape index (κ2) is 2.35. The maximum Gasteiger partial charge on any atom is 0.171 e. The van der Waals surface area contributed by atoms with Crippen molar-refractivity contribution in [2.75, 3.05) is 19.8 Å². The van der Waals surface area contributed by atoms with Gasteiger partial charge >= 0.3 is 0 Å². The average molecular weight is 234 g/mol. The van der Waals surface area contributed by atoms with Crippen LogP contribution in [0.25, 0.3) is 0 Å². The summed E-state index contributed by atoms with van der Waals surface area (Å²) in [5.74, 6) is 1.91. The molecule has 2 aliphatic heterocycles. The van der Waals surface area contributed by atoms with Gasteiger partial charge in [0, 0.05) is 23.9 Å². The molecule has 3 aliphatic carbocycles. The van der Waals surface area contributed by atoms with E-state index in [4.69, 9.17) is 9.47 Å². The summed E-state index contributed by atoms with van der Waals surface area (Å²) < 4.78 is 11.4. The van der Waals surface area contributed by atoms with E-state index in [0.717, 1.165) is 19.1 Å². The number of fused-ring (bicyclic) bond motifs is 1. The lowest BCUT2D eigenvalue weighted by molar-refractivity contribution is -0.125. The molecule has 2 saturated heterocycles. The smallest absolute Gasteiger partial charge is 0.171 e. The van der Waals surface area contributed by atoms with Crippen LogP contribution in [0.5, 0.6) is 0 Å². The van der Waals surface area contributed by atoms with E-state index < -0.39 is 0 Å². The molecule has 3 heteroatoms. The molecule has 92 valence electrons. The highest BCUT2D eigenvalue weighted by Gasteiger charge is 2.95. The zero-order chi connectivity index (χ0) is 11.5. The Balaban J connectivity index is 1.67. The van der Waals surface area contributed by atoms with Crippen molar-refractivity contribution < 1.29 is 14.3 Å². The van der Waals surface area contributed by atoms with Crippen LogP contribution in [0, 0.1) is 28.6 Å². The molecular weight excluding hydrogens is 216 g/mol. The van der Waals surface area contributed by atoms with Gasteiger partial charge in [0.25, 0.3) is 0 Å². The van der Waals surface area contributed by atoms with E-state index >= 15 is 0 Å². The molecule has 0 bridgehead atoms. The third kappa shape index (κ3) is 0.690. The molecule has 17 heavy (non-hydrogen) atoms. The highest BCUT2D eigenvalue weighted by atomic mass is 16.6. The monoisotopic (exact) mass is 234 g/mol. The van der Waals surface area contributed by atoms with Crippen molar-refractivity contribution in [1.82, 2.24) is 0 Å². The van der Waals surface area contributed by atoms with E-state index in [0.29, 0.717) is 18.3 Å². The van der Waals surface area contributed by atoms with Crippen LogP contribution < -0.4 is 0 Å². The van der Waals surface area contributed by atoms with E-state index in [1.165, 1.54) is 19.3 Å². The Morgan fingerprint density at radius 2 is 2.18 bits per heavy atom. The van der Waals surface area contributed by atoms with Gasteiger partial charge in [-0.25, -0.2) is 0 Å². The van der Waals surface area contributed by atoms with Gasteiger partial charge in [0.2, 0.25) is 0 Å². The summed E-state index contributed by atoms with van der Waals surface area (Å²) in [5, 5.41) is 0. The molecule has 0 N–H and O–H groups in total. The summed E-state index contributed by atoms with van der Waals surface area (Å²) in [5.41, 5.74) is 0.106. The lowest BCUT2D eigenvalue weighted by Crippen LogP contribution is -2.34. The summed E-state index contributed by atoms with van der Waals surface area (Å²) in [6.45, 7) is 4.76. The number of hydrogen-bond acceptors (Lipinski definition) is 3. The zero-order valence-electron chi connectivity index (χ0n) is 10.2. The molecule has 3 saturated carbocycles. The first-order valence-corrected chi connectivity index (χ1v) is 6.94. The summed E-state index contributed by atoms with van der Waals surface area (Å²) in [4.78, 5) is 12.6. The fourth-order valence-electron chi connectivity index (χ4n) is 6.11. The second-order valence-electron chi connectivity index (χ2n) is 6.98. The van der Waals surface area contributed by atoms with Gasteiger partial charge in [-0.15, -0.1) is 0 Å². The standard InChI is InChI=1S/C14H18O3/c1-12-9-5-8-3-2-4-16-6-13(8,12)10(12)11(15)14(9)7-17-14/h8-10H,2-7H2,1H3/t8-,9-,10?,12+,13-,14-/m0/s1. The van der Waals surface area contributed by atoms with Gasteiger partial charge < -0.3 is 9.47 Å². The Morgan fingerprint density at radius 1 is 1.35 bits per heavy atom. The van der Waals surface area contributed by atoms with Crippen molar-refractivity contribution in [3.8, 4) is 0 Å². The van der Waals surface area contributed by atoms with Crippen LogP contribution in [0.2, 0.25) is 0 Å². The van der Waals surface area contributed by atoms with Crippen molar-refractivity contribution in [3.05, 3.63) is 0 Å². The summed E-state index contributed by atoms with van der Waals surface area (Å²) in [6.07, 6.45) is 3.64. The molecule has 5 fully saturated rings. The Bertz CT molecular complexity index is 441. The number of carbonyl (C=O) groups is 1. The summed E-state index contributed by atoms with van der Waals surface area (Å²) in [6, 6.07) is 0. The van der Waals surface area contributed by atoms with Crippen LogP contribution >= 0.6 is 0 Å². The molecule has 0 aromatic carbocycles. The lowest BCUT2D eigenvalue weighted by atomic mass is 9.82. The first-order valence-electron chi connectivity index (χ1n) is 6.94. The minimum absolute atomic E-state index is 0.211. The van der Waals surface area contributed by atoms with Crippen LogP contribution in [0.3, 0.4) is 0 Å². The molecule has 5 rings (SSSR count). The second-order valence-corrected chi connectivity index (χ2v) is 6.98. The minimum Gasteiger partial charge on any atom is -0.381 e. The van der Waals surface area contributed by atoms with Gasteiger partial charge in [-0.2, -0.15) is 0 Å². The largest absolute Gasteiger partial charge is 0.381 e. The Morgan fingerprint density at radius 3 is 2.88 bits per heavy atom. The van der Waals surface area contributed by atoms with Crippen molar-refractivity contribution in [3.63, 3.8) is 0 Å². The third-order valence-electron chi connectivity index (χ3n) is 6.89. The van der Waals surface area contributed by atoms with E-state index in [-0.39, 0.29) is 22.3 Å². The normalized spacial score (nSPS) is 66.6. The number of epoxide rings is 1. The van der Waals surface area contributed by atoms with Gasteiger partial charge in [-0.3, -0.25) is 4.79 Å². The molecule has 2 heterocycles. The molecule has 0 aromatic rings. The molecule has 1 unspecified atom stereocenters. The van der Waals surface area contributed by atoms with Crippen molar-refractivity contribution in [1.29, 1.82) is 0 Å². The van der Waals surface area contributed by atoms with Crippen molar-refractivity contribution in [2.24, 2.45) is 28.6 Å². The zero-order valence-corrected chi connectivity index (χ0v) is 10.2. The van der Waals surface area contributed by atoms with Crippen LogP contribution in [0.1, 0.15) is 26.2 Å². The highest BCUT2D eigenvalue weighted by Crippen LogP contribution is 2.89. The van der Waals surface area contributed by atoms with Crippen LogP contribution in [-0.4, -0.2) is 31.2 Å². The van der Waals surface area contributed by atoms with Crippen molar-refractivity contribution >= 4 is 5.78 Å². The van der Waals surface area contributed by atoms with E-state index in [1.807, 2.05) is 0 Å². The summed E-state index contributed by atoms with van der Waals surface area (Å²) >= 11 is 0. The quantitative estimate of drug-likeness (QED) is 0.595. The van der Waals surface area contributed by atoms with E-state index in [2.05, 4.69) is 6.92 Å². The van der Waals surface area contributed by atoms with Crippen LogP contribution in [0.15, 0.2) is 0 Å². The number of ether oxygens (including phenoxy) is 2. The van der Waals surface area contributed by atoms with Crippen molar-refractivity contribution in [2.45, 2.75) is 31.8 Å². The Labute approximate surface area is 101 Å². The fraction of sp³-hybridized carbons (Fsp3) is 0.929. The number of carbonyl (C=O) groups excluding carboxylic acids is 1. The van der Waals surface area contributed by atoms with Crippen LogP contribution in [-0.2, 0) is 14.3 Å². The molecule has 0 radical (unpaired) electrons. The first kappa shape index (κ1) is 9.51. The number of ketones is 1. The highest BCUT2D eigenvalue weighted by molar-refractivity contribution is 6.00. The molecule has 0 amide bonds. The SMILES string of the molecule is C[C@]12C3C(=O)[C@]4(CO4)[C@H]1C[C@@H]1CCCOC[C@@]312. The predicted octanol–water partition coefficient (Wildman–Crippen LogP) is 1.41. The Kier molecular flexibility index (Phi) is 1.31. The van der Waals surface area contributed by atoms with Gasteiger partial charge in [-0.05, 0) is 30.6 Å².